The van der Waals surface area contributed by atoms with Crippen LogP contribution in [0.2, 0.25) is 0 Å². The van der Waals surface area contributed by atoms with E-state index in [1.54, 1.807) is 19.1 Å². The molecule has 1 rings (SSSR count). The van der Waals surface area contributed by atoms with Crippen molar-refractivity contribution in [1.29, 1.82) is 5.26 Å². The molecule has 0 radical (unpaired) electrons. The first-order chi connectivity index (χ1) is 8.63. The zero-order valence-corrected chi connectivity index (χ0v) is 11.4. The van der Waals surface area contributed by atoms with Gasteiger partial charge in [0.05, 0.1) is 6.07 Å². The third-order valence-electron chi connectivity index (χ3n) is 3.01. The van der Waals surface area contributed by atoms with Crippen molar-refractivity contribution in [3.05, 3.63) is 35.1 Å². The molecule has 2 nitrogen and oxygen atoms in total. The molecule has 0 heterocycles. The number of nitrogens with zero attached hydrogens (tertiary/aromatic N) is 2. The van der Waals surface area contributed by atoms with Crippen LogP contribution in [0.3, 0.4) is 0 Å². The molecule has 0 N–H and O–H groups in total. The van der Waals surface area contributed by atoms with Crippen LogP contribution in [0, 0.1) is 24.1 Å². The van der Waals surface area contributed by atoms with Gasteiger partial charge in [-0.05, 0) is 50.0 Å². The zero-order chi connectivity index (χ0) is 13.5. The van der Waals surface area contributed by atoms with Gasteiger partial charge in [-0.25, -0.2) is 4.39 Å². The van der Waals surface area contributed by atoms with E-state index in [2.05, 4.69) is 24.8 Å². The van der Waals surface area contributed by atoms with Crippen molar-refractivity contribution in [3.8, 4) is 6.07 Å². The third-order valence-corrected chi connectivity index (χ3v) is 3.01. The zero-order valence-electron chi connectivity index (χ0n) is 11.4. The Labute approximate surface area is 109 Å². The van der Waals surface area contributed by atoms with Gasteiger partial charge in [0.1, 0.15) is 11.9 Å². The summed E-state index contributed by atoms with van der Waals surface area (Å²) < 4.78 is 13.3. The molecule has 1 atom stereocenters. The maximum absolute atomic E-state index is 13.3. The molecule has 0 aliphatic heterocycles. The van der Waals surface area contributed by atoms with Gasteiger partial charge in [-0.3, -0.25) is 4.90 Å². The van der Waals surface area contributed by atoms with Crippen molar-refractivity contribution in [3.63, 3.8) is 0 Å². The van der Waals surface area contributed by atoms with E-state index in [4.69, 9.17) is 0 Å². The highest BCUT2D eigenvalue weighted by Gasteiger charge is 2.19. The van der Waals surface area contributed by atoms with Gasteiger partial charge in [0.2, 0.25) is 0 Å². The van der Waals surface area contributed by atoms with Gasteiger partial charge in [0.25, 0.3) is 0 Å². The summed E-state index contributed by atoms with van der Waals surface area (Å²) in [6.07, 6.45) is 2.02. The van der Waals surface area contributed by atoms with Gasteiger partial charge in [-0.2, -0.15) is 5.26 Å². The van der Waals surface area contributed by atoms with Crippen molar-refractivity contribution in [2.75, 3.05) is 13.1 Å². The molecule has 0 aromatic heterocycles. The van der Waals surface area contributed by atoms with E-state index in [0.29, 0.717) is 5.56 Å². The summed E-state index contributed by atoms with van der Waals surface area (Å²) in [4.78, 5) is 2.16. The summed E-state index contributed by atoms with van der Waals surface area (Å²) in [7, 11) is 0. The molecule has 1 aromatic rings. The number of aryl methyl sites for hydroxylation is 1. The molecule has 0 fully saturated rings. The lowest BCUT2D eigenvalue weighted by molar-refractivity contribution is 0.236. The number of hydrogen-bond acceptors (Lipinski definition) is 2. The molecule has 1 aromatic carbocycles. The lowest BCUT2D eigenvalue weighted by atomic mass is 10.0. The fraction of sp³-hybridized carbons (Fsp3) is 0.533. The van der Waals surface area contributed by atoms with E-state index in [9.17, 15) is 9.65 Å². The highest BCUT2D eigenvalue weighted by Crippen LogP contribution is 2.22. The molecular formula is C15H21FN2. The smallest absolute Gasteiger partial charge is 0.126 e. The van der Waals surface area contributed by atoms with E-state index in [0.717, 1.165) is 31.5 Å². The first-order valence-electron chi connectivity index (χ1n) is 6.53. The van der Waals surface area contributed by atoms with Crippen LogP contribution in [0.4, 0.5) is 4.39 Å². The molecule has 0 amide bonds. The summed E-state index contributed by atoms with van der Waals surface area (Å²) in [5, 5.41) is 9.38. The van der Waals surface area contributed by atoms with Gasteiger partial charge in [-0.1, -0.05) is 26.0 Å². The van der Waals surface area contributed by atoms with E-state index in [-0.39, 0.29) is 11.9 Å². The molecule has 0 saturated carbocycles. The minimum atomic E-state index is -0.274. The molecular weight excluding hydrogens is 227 g/mol. The number of halogens is 1. The lowest BCUT2D eigenvalue weighted by Gasteiger charge is -2.26. The van der Waals surface area contributed by atoms with E-state index < -0.39 is 0 Å². The van der Waals surface area contributed by atoms with Crippen LogP contribution in [-0.4, -0.2) is 18.0 Å². The van der Waals surface area contributed by atoms with Crippen LogP contribution in [0.1, 0.15) is 43.9 Å². The van der Waals surface area contributed by atoms with Crippen molar-refractivity contribution < 1.29 is 4.39 Å². The van der Waals surface area contributed by atoms with Crippen LogP contribution in [0.25, 0.3) is 0 Å². The van der Waals surface area contributed by atoms with E-state index >= 15 is 0 Å². The Morgan fingerprint density at radius 3 is 2.33 bits per heavy atom. The van der Waals surface area contributed by atoms with Crippen LogP contribution in [0.15, 0.2) is 18.2 Å². The summed E-state index contributed by atoms with van der Waals surface area (Å²) in [5.74, 6) is -0.215. The van der Waals surface area contributed by atoms with Crippen molar-refractivity contribution in [2.24, 2.45) is 0 Å². The van der Waals surface area contributed by atoms with Gasteiger partial charge in [0.15, 0.2) is 0 Å². The molecule has 0 aliphatic rings. The fourth-order valence-corrected chi connectivity index (χ4v) is 2.15. The second-order valence-corrected chi connectivity index (χ2v) is 4.58. The maximum atomic E-state index is 13.3. The van der Waals surface area contributed by atoms with Gasteiger partial charge >= 0.3 is 0 Å². The van der Waals surface area contributed by atoms with Gasteiger partial charge in [-0.15, -0.1) is 0 Å². The molecule has 1 unspecified atom stereocenters. The molecule has 0 spiro atoms. The standard InChI is InChI=1S/C15H21FN2/c1-4-8-18(9-5-2)15(11-17)13-6-7-14(16)12(3)10-13/h6-7,10,15H,4-5,8-9H2,1-3H3. The Hall–Kier alpha value is -1.40. The Bertz CT molecular complexity index is 417. The summed E-state index contributed by atoms with van der Waals surface area (Å²) in [6, 6.07) is 7.01. The topological polar surface area (TPSA) is 27.0 Å². The molecule has 0 saturated heterocycles. The Morgan fingerprint density at radius 2 is 1.89 bits per heavy atom. The number of benzene rings is 1. The summed E-state index contributed by atoms with van der Waals surface area (Å²) in [6.45, 7) is 7.72. The highest BCUT2D eigenvalue weighted by atomic mass is 19.1. The van der Waals surface area contributed by atoms with Crippen LogP contribution in [0.5, 0.6) is 0 Å². The molecule has 18 heavy (non-hydrogen) atoms. The Balaban J connectivity index is 2.99. The third kappa shape index (κ3) is 3.54. The van der Waals surface area contributed by atoms with Crippen molar-refractivity contribution >= 4 is 0 Å². The minimum absolute atomic E-state index is 0.215. The Morgan fingerprint density at radius 1 is 1.28 bits per heavy atom. The number of nitriles is 1. The minimum Gasteiger partial charge on any atom is -0.284 e. The largest absolute Gasteiger partial charge is 0.284 e. The first kappa shape index (κ1) is 14.7. The monoisotopic (exact) mass is 248 g/mol. The van der Waals surface area contributed by atoms with E-state index in [1.165, 1.54) is 6.07 Å². The average molecular weight is 248 g/mol. The maximum Gasteiger partial charge on any atom is 0.126 e. The van der Waals surface area contributed by atoms with Gasteiger partial charge < -0.3 is 0 Å². The predicted molar refractivity (Wildman–Crippen MR) is 71.6 cm³/mol. The molecule has 3 heteroatoms. The lowest BCUT2D eigenvalue weighted by Crippen LogP contribution is -2.29. The molecule has 98 valence electrons. The number of hydrogen-bond donors (Lipinski definition) is 0. The quantitative estimate of drug-likeness (QED) is 0.765. The molecule has 0 bridgehead atoms. The number of rotatable bonds is 6. The van der Waals surface area contributed by atoms with Crippen molar-refractivity contribution in [1.82, 2.24) is 4.90 Å². The highest BCUT2D eigenvalue weighted by molar-refractivity contribution is 5.29. The van der Waals surface area contributed by atoms with E-state index in [1.807, 2.05) is 0 Å². The average Bonchev–Trinajstić information content (AvgIpc) is 2.35. The fourth-order valence-electron chi connectivity index (χ4n) is 2.15. The van der Waals surface area contributed by atoms with Crippen LogP contribution < -0.4 is 0 Å². The van der Waals surface area contributed by atoms with Gasteiger partial charge in [0, 0.05) is 0 Å². The van der Waals surface area contributed by atoms with Crippen molar-refractivity contribution in [2.45, 2.75) is 39.7 Å². The second-order valence-electron chi connectivity index (χ2n) is 4.58. The summed E-state index contributed by atoms with van der Waals surface area (Å²) >= 11 is 0. The summed E-state index contributed by atoms with van der Waals surface area (Å²) in [5.41, 5.74) is 1.49. The first-order valence-corrected chi connectivity index (χ1v) is 6.53. The molecule has 0 aliphatic carbocycles. The van der Waals surface area contributed by atoms with Crippen LogP contribution >= 0.6 is 0 Å². The predicted octanol–water partition coefficient (Wildman–Crippen LogP) is 3.82. The normalized spacial score (nSPS) is 12.4. The SMILES string of the molecule is CCCN(CCC)C(C#N)c1ccc(F)c(C)c1. The second kappa shape index (κ2) is 7.13. The Kier molecular flexibility index (Phi) is 5.80. The van der Waals surface area contributed by atoms with Crippen LogP contribution in [-0.2, 0) is 0 Å².